The van der Waals surface area contributed by atoms with Gasteiger partial charge in [-0.1, -0.05) is 6.92 Å². The average Bonchev–Trinajstić information content (AvgIpc) is 2.75. The average molecular weight is 264 g/mol. The molecule has 1 aromatic heterocycles. The maximum atomic E-state index is 12.0. The van der Waals surface area contributed by atoms with Crippen molar-refractivity contribution in [1.29, 1.82) is 0 Å². The van der Waals surface area contributed by atoms with Crippen LogP contribution in [0.2, 0.25) is 0 Å². The number of rotatable bonds is 6. The Morgan fingerprint density at radius 2 is 2.32 bits per heavy atom. The summed E-state index contributed by atoms with van der Waals surface area (Å²) in [6, 6.07) is 4.27. The minimum absolute atomic E-state index is 0.120. The van der Waals surface area contributed by atoms with Crippen molar-refractivity contribution in [2.45, 2.75) is 51.2 Å². The Labute approximate surface area is 114 Å². The molecule has 0 saturated heterocycles. The first-order valence-electron chi connectivity index (χ1n) is 7.17. The molecule has 1 heterocycles. The first-order valence-corrected chi connectivity index (χ1v) is 7.17. The van der Waals surface area contributed by atoms with Crippen LogP contribution in [0.4, 0.5) is 0 Å². The fraction of sp³-hybridized carbons (Fsp3) is 0.667. The quantitative estimate of drug-likeness (QED) is 0.820. The lowest BCUT2D eigenvalue weighted by Gasteiger charge is -2.37. The second kappa shape index (κ2) is 6.24. The second-order valence-corrected chi connectivity index (χ2v) is 5.58. The van der Waals surface area contributed by atoms with E-state index < -0.39 is 0 Å². The Hall–Kier alpha value is -1.29. The van der Waals surface area contributed by atoms with Crippen molar-refractivity contribution in [2.24, 2.45) is 13.0 Å². The molecule has 0 aromatic carbocycles. The molecule has 0 spiro atoms. The van der Waals surface area contributed by atoms with Crippen LogP contribution in [0.1, 0.15) is 38.3 Å². The molecule has 1 unspecified atom stereocenters. The number of amides is 1. The van der Waals surface area contributed by atoms with Crippen molar-refractivity contribution in [1.82, 2.24) is 9.88 Å². The van der Waals surface area contributed by atoms with E-state index in [0.29, 0.717) is 12.3 Å². The largest absolute Gasteiger partial charge is 0.393 e. The number of hydrogen-bond donors (Lipinski definition) is 2. The smallest absolute Gasteiger partial charge is 0.220 e. The number of aliphatic hydroxyl groups is 1. The van der Waals surface area contributed by atoms with Crippen LogP contribution in [-0.2, 0) is 18.3 Å². The molecule has 0 bridgehead atoms. The summed E-state index contributed by atoms with van der Waals surface area (Å²) in [4.78, 5) is 12.0. The van der Waals surface area contributed by atoms with Gasteiger partial charge in [0.15, 0.2) is 0 Å². The topological polar surface area (TPSA) is 54.3 Å². The van der Waals surface area contributed by atoms with E-state index in [-0.39, 0.29) is 18.1 Å². The number of carbonyl (C=O) groups excluding carboxylic acids is 1. The predicted octanol–water partition coefficient (Wildman–Crippen LogP) is 1.62. The molecule has 1 aromatic rings. The van der Waals surface area contributed by atoms with Gasteiger partial charge in [-0.05, 0) is 43.7 Å². The number of nitrogens with one attached hydrogen (secondary N) is 1. The number of aromatic nitrogens is 1. The van der Waals surface area contributed by atoms with Gasteiger partial charge >= 0.3 is 0 Å². The lowest BCUT2D eigenvalue weighted by molar-refractivity contribution is -0.123. The van der Waals surface area contributed by atoms with Gasteiger partial charge < -0.3 is 15.0 Å². The molecule has 4 nitrogen and oxygen atoms in total. The molecule has 1 amide bonds. The Morgan fingerprint density at radius 1 is 1.58 bits per heavy atom. The number of aryl methyl sites for hydroxylation is 2. The normalized spacial score (nSPS) is 23.7. The molecule has 1 saturated carbocycles. The first kappa shape index (κ1) is 14.1. The summed E-state index contributed by atoms with van der Waals surface area (Å²) in [5.74, 6) is 0.577. The highest BCUT2D eigenvalue weighted by Gasteiger charge is 2.33. The molecular weight excluding hydrogens is 240 g/mol. The Balaban J connectivity index is 1.75. The third kappa shape index (κ3) is 3.60. The third-order valence-corrected chi connectivity index (χ3v) is 4.16. The standard InChI is InChI=1S/C15H24N2O2/c1-3-14(11-9-13(18)10-11)16-15(19)7-6-12-5-4-8-17(12)2/h4-5,8,11,13-14,18H,3,6-7,9-10H2,1-2H3,(H,16,19). The zero-order valence-corrected chi connectivity index (χ0v) is 11.8. The Kier molecular flexibility index (Phi) is 4.64. The first-order chi connectivity index (χ1) is 9.10. The second-order valence-electron chi connectivity index (χ2n) is 5.58. The lowest BCUT2D eigenvalue weighted by Crippen LogP contribution is -2.46. The van der Waals surface area contributed by atoms with Crippen molar-refractivity contribution in [2.75, 3.05) is 0 Å². The summed E-state index contributed by atoms with van der Waals surface area (Å²) in [5.41, 5.74) is 1.18. The van der Waals surface area contributed by atoms with Gasteiger partial charge in [0.1, 0.15) is 0 Å². The van der Waals surface area contributed by atoms with Crippen LogP contribution in [-0.4, -0.2) is 27.7 Å². The Morgan fingerprint density at radius 3 is 2.84 bits per heavy atom. The third-order valence-electron chi connectivity index (χ3n) is 4.16. The van der Waals surface area contributed by atoms with E-state index in [9.17, 15) is 9.90 Å². The molecule has 1 fully saturated rings. The molecule has 1 aliphatic carbocycles. The van der Waals surface area contributed by atoms with E-state index in [2.05, 4.69) is 12.2 Å². The van der Waals surface area contributed by atoms with E-state index >= 15 is 0 Å². The van der Waals surface area contributed by atoms with E-state index in [4.69, 9.17) is 0 Å². The maximum absolute atomic E-state index is 12.0. The summed E-state index contributed by atoms with van der Waals surface area (Å²) < 4.78 is 2.05. The SMILES string of the molecule is CCC(NC(=O)CCc1cccn1C)C1CC(O)C1. The Bertz CT molecular complexity index is 422. The van der Waals surface area contributed by atoms with Gasteiger partial charge in [0.05, 0.1) is 6.10 Å². The summed E-state index contributed by atoms with van der Waals surface area (Å²) in [6.07, 6.45) is 5.75. The van der Waals surface area contributed by atoms with Gasteiger partial charge in [0, 0.05) is 31.4 Å². The van der Waals surface area contributed by atoms with E-state index in [1.54, 1.807) is 0 Å². The molecule has 1 atom stereocenters. The van der Waals surface area contributed by atoms with Crippen LogP contribution >= 0.6 is 0 Å². The summed E-state index contributed by atoms with van der Waals surface area (Å²) >= 11 is 0. The van der Waals surface area contributed by atoms with Crippen LogP contribution in [0.5, 0.6) is 0 Å². The summed E-state index contributed by atoms with van der Waals surface area (Å²) in [7, 11) is 2.00. The molecule has 4 heteroatoms. The lowest BCUT2D eigenvalue weighted by atomic mass is 9.76. The highest BCUT2D eigenvalue weighted by molar-refractivity contribution is 5.76. The summed E-state index contributed by atoms with van der Waals surface area (Å²) in [5, 5.41) is 12.5. The molecule has 19 heavy (non-hydrogen) atoms. The van der Waals surface area contributed by atoms with Crippen LogP contribution in [0.3, 0.4) is 0 Å². The zero-order valence-electron chi connectivity index (χ0n) is 11.8. The van der Waals surface area contributed by atoms with E-state index in [1.807, 2.05) is 29.9 Å². The van der Waals surface area contributed by atoms with Gasteiger partial charge in [-0.25, -0.2) is 0 Å². The number of aliphatic hydroxyl groups excluding tert-OH is 1. The molecule has 2 N–H and O–H groups in total. The van der Waals surface area contributed by atoms with Crippen molar-refractivity contribution < 1.29 is 9.90 Å². The zero-order chi connectivity index (χ0) is 13.8. The molecule has 106 valence electrons. The fourth-order valence-electron chi connectivity index (χ4n) is 2.79. The number of carbonyl (C=O) groups is 1. The molecule has 0 radical (unpaired) electrons. The molecule has 1 aliphatic rings. The molecule has 2 rings (SSSR count). The van der Waals surface area contributed by atoms with Crippen molar-refractivity contribution >= 4 is 5.91 Å². The van der Waals surface area contributed by atoms with Crippen molar-refractivity contribution in [3.8, 4) is 0 Å². The predicted molar refractivity (Wildman–Crippen MR) is 74.7 cm³/mol. The van der Waals surface area contributed by atoms with Crippen LogP contribution in [0.25, 0.3) is 0 Å². The van der Waals surface area contributed by atoms with Gasteiger partial charge in [0.25, 0.3) is 0 Å². The maximum Gasteiger partial charge on any atom is 0.220 e. The van der Waals surface area contributed by atoms with Gasteiger partial charge in [-0.2, -0.15) is 0 Å². The van der Waals surface area contributed by atoms with Gasteiger partial charge in [0.2, 0.25) is 5.91 Å². The van der Waals surface area contributed by atoms with Crippen molar-refractivity contribution in [3.05, 3.63) is 24.0 Å². The van der Waals surface area contributed by atoms with Crippen LogP contribution < -0.4 is 5.32 Å². The van der Waals surface area contributed by atoms with Crippen LogP contribution in [0, 0.1) is 5.92 Å². The molecular formula is C15H24N2O2. The van der Waals surface area contributed by atoms with Gasteiger partial charge in [-0.3, -0.25) is 4.79 Å². The summed E-state index contributed by atoms with van der Waals surface area (Å²) in [6.45, 7) is 2.09. The van der Waals surface area contributed by atoms with Gasteiger partial charge in [-0.15, -0.1) is 0 Å². The highest BCUT2D eigenvalue weighted by Crippen LogP contribution is 2.31. The highest BCUT2D eigenvalue weighted by atomic mass is 16.3. The minimum Gasteiger partial charge on any atom is -0.393 e. The fourth-order valence-corrected chi connectivity index (χ4v) is 2.79. The minimum atomic E-state index is -0.153. The van der Waals surface area contributed by atoms with Crippen molar-refractivity contribution in [3.63, 3.8) is 0 Å². The van der Waals surface area contributed by atoms with E-state index in [1.165, 1.54) is 5.69 Å². The molecule has 0 aliphatic heterocycles. The van der Waals surface area contributed by atoms with E-state index in [0.717, 1.165) is 25.7 Å². The van der Waals surface area contributed by atoms with Crippen LogP contribution in [0.15, 0.2) is 18.3 Å². The number of nitrogens with zero attached hydrogens (tertiary/aromatic N) is 1. The number of hydrogen-bond acceptors (Lipinski definition) is 2. The monoisotopic (exact) mass is 264 g/mol.